The molecule has 0 unspecified atom stereocenters. The number of carboxylic acids is 1. The Labute approximate surface area is 429 Å². The van der Waals surface area contributed by atoms with Gasteiger partial charge in [-0.25, -0.2) is 0 Å². The third-order valence-electron chi connectivity index (χ3n) is 7.58. The second-order valence-corrected chi connectivity index (χ2v) is 17.2. The molecular weight excluding hydrogens is 985 g/mol. The van der Waals surface area contributed by atoms with Crippen LogP contribution in [0.1, 0.15) is 118 Å². The molecule has 0 aliphatic rings. The minimum Gasteiger partial charge on any atom is -1.00 e. The van der Waals surface area contributed by atoms with E-state index in [9.17, 15) is 70.7 Å². The molecule has 0 aromatic carbocycles. The molecule has 0 saturated heterocycles. The van der Waals surface area contributed by atoms with E-state index in [4.69, 9.17) is 40.0 Å². The molecule has 0 aliphatic heterocycles. The first-order valence-corrected chi connectivity index (χ1v) is 23.6. The third kappa shape index (κ3) is 84.3. The maximum Gasteiger partial charge on any atom is 1.00 e. The molecule has 0 atom stereocenters. The van der Waals surface area contributed by atoms with Crippen molar-refractivity contribution in [3.63, 3.8) is 0 Å². The molecule has 0 rings (SSSR count). The molecule has 4 N–H and O–H groups in total. The van der Waals surface area contributed by atoms with Gasteiger partial charge in [0.25, 0.3) is 20.2 Å². The van der Waals surface area contributed by atoms with E-state index in [1.54, 1.807) is 7.05 Å². The Morgan fingerprint density at radius 3 is 1.17 bits per heavy atom. The third-order valence-corrected chi connectivity index (χ3v) is 9.19. The van der Waals surface area contributed by atoms with Crippen LogP contribution in [0.2, 0.25) is 0 Å². The smallest absolute Gasteiger partial charge is 1.00 e. The summed E-state index contributed by atoms with van der Waals surface area (Å²) in [6.45, 7) is 0.235. The summed E-state index contributed by atoms with van der Waals surface area (Å²) < 4.78 is 178. The topological polar surface area (TPSA) is 223 Å². The van der Waals surface area contributed by atoms with Crippen molar-refractivity contribution in [2.75, 3.05) is 78.3 Å². The van der Waals surface area contributed by atoms with Crippen LogP contribution in [0, 0.1) is 0 Å². The largest absolute Gasteiger partial charge is 1.00 e. The SMILES string of the molecule is CN(CCS(=O)(=O)O)C(=O)CCCCCCOCCC(F)(F)F.CNCCS(=O)(=O)O.O=C(Cl)CCCCCCOCCC(F)(F)F.O=C(O)CCCCCCOCCC(F)(F)F.[H-].[H-].[Na+].[Na+]. The van der Waals surface area contributed by atoms with Gasteiger partial charge < -0.3 is 32.4 Å². The summed E-state index contributed by atoms with van der Waals surface area (Å²) >= 11 is 5.13. The van der Waals surface area contributed by atoms with Crippen molar-refractivity contribution >= 4 is 49.0 Å². The van der Waals surface area contributed by atoms with Gasteiger partial charge in [0.05, 0.1) is 50.6 Å². The van der Waals surface area contributed by atoms with Gasteiger partial charge in [0.2, 0.25) is 11.1 Å². The van der Waals surface area contributed by atoms with E-state index < -0.39 is 69.7 Å². The molecule has 1 amide bonds. The first kappa shape index (κ1) is 76.4. The molecule has 0 fully saturated rings. The fourth-order valence-corrected chi connectivity index (χ4v) is 5.26. The van der Waals surface area contributed by atoms with Crippen LogP contribution in [0.5, 0.6) is 0 Å². The van der Waals surface area contributed by atoms with Gasteiger partial charge in [0.1, 0.15) is 0 Å². The van der Waals surface area contributed by atoms with Crippen LogP contribution in [0.15, 0.2) is 0 Å². The maximum atomic E-state index is 11.8. The summed E-state index contributed by atoms with van der Waals surface area (Å²) in [4.78, 5) is 33.4. The number of rotatable bonds is 33. The van der Waals surface area contributed by atoms with E-state index in [2.05, 4.69) is 5.32 Å². The molecule has 0 aliphatic carbocycles. The average molecular weight is 1050 g/mol. The van der Waals surface area contributed by atoms with Crippen LogP contribution in [-0.4, -0.2) is 150 Å². The number of carbonyl (C=O) groups is 3. The molecule has 15 nitrogen and oxygen atoms in total. The number of amides is 1. The standard InChI is InChI=1S/C13H24F3NO5S.C10H16ClF3O2.C10H17F3O3.C3H9NO3S.2Na.2H/c1-17(8-11-23(19,20)21)12(18)6-4-2-3-5-9-22-10-7-13(14,15)16;11-9(15)5-3-1-2-4-7-16-8-6-10(12,13)14;11-10(12,13)6-8-16-7-4-2-1-3-5-9(14)15;1-4-2-3-8(5,6)7;;;;/h2-11H2,1H3,(H,19,20,21);1-8H2;1-8H2,(H,14,15);4H,2-3H2,1H3,(H,5,6,7);;;;/q;;;;2*+1;2*-1. The van der Waals surface area contributed by atoms with Crippen LogP contribution in [0.4, 0.5) is 39.5 Å². The van der Waals surface area contributed by atoms with Crippen LogP contribution >= 0.6 is 11.6 Å². The summed E-state index contributed by atoms with van der Waals surface area (Å²) in [6, 6.07) is 0. The Balaban J connectivity index is -0.000000119. The number of hydrogen-bond donors (Lipinski definition) is 4. The number of unbranched alkanes of at least 4 members (excludes halogenated alkanes) is 9. The number of carboxylic acid groups (broad SMARTS) is 1. The van der Waals surface area contributed by atoms with Crippen LogP contribution in [-0.2, 0) is 48.8 Å². The summed E-state index contributed by atoms with van der Waals surface area (Å²) in [5.74, 6) is -1.75. The van der Waals surface area contributed by atoms with Gasteiger partial charge in [0.15, 0.2) is 0 Å². The average Bonchev–Trinajstić information content (AvgIpc) is 3.12. The monoisotopic (exact) mass is 1050 g/mol. The van der Waals surface area contributed by atoms with Crippen molar-refractivity contribution in [3.8, 4) is 0 Å². The molecule has 0 spiro atoms. The van der Waals surface area contributed by atoms with Crippen LogP contribution < -0.4 is 64.4 Å². The molecular formula is C36H68ClF9N2Na2O13S2. The number of aliphatic carboxylic acids is 1. The number of alkyl halides is 9. The summed E-state index contributed by atoms with van der Waals surface area (Å²) in [6.07, 6.45) is -5.76. The van der Waals surface area contributed by atoms with E-state index in [1.165, 1.54) is 11.9 Å². The first-order valence-electron chi connectivity index (χ1n) is 20.0. The minimum atomic E-state index is -4.19. The Hall–Kier alpha value is -0.0700. The van der Waals surface area contributed by atoms with Gasteiger partial charge in [-0.1, -0.05) is 38.5 Å². The fourth-order valence-electron chi connectivity index (χ4n) is 4.16. The molecule has 0 radical (unpaired) electrons. The van der Waals surface area contributed by atoms with Crippen molar-refractivity contribution in [1.29, 1.82) is 0 Å². The molecule has 0 aromatic rings. The number of carbonyl (C=O) groups excluding carboxylic acids is 2. The summed E-state index contributed by atoms with van der Waals surface area (Å²) in [5.41, 5.74) is 0. The van der Waals surface area contributed by atoms with E-state index in [1.807, 2.05) is 0 Å². The Morgan fingerprint density at radius 1 is 0.569 bits per heavy atom. The first-order chi connectivity index (χ1) is 28.9. The molecule has 0 heterocycles. The molecule has 0 aromatic heterocycles. The van der Waals surface area contributed by atoms with Gasteiger partial charge in [-0.2, -0.15) is 56.3 Å². The quantitative estimate of drug-likeness (QED) is 0.0244. The van der Waals surface area contributed by atoms with E-state index in [0.29, 0.717) is 58.3 Å². The predicted molar refractivity (Wildman–Crippen MR) is 219 cm³/mol. The number of nitrogens with one attached hydrogen (secondary N) is 1. The Kier molecular flexibility index (Phi) is 54.5. The molecule has 0 saturated carbocycles. The fraction of sp³-hybridized carbons (Fsp3) is 0.917. The van der Waals surface area contributed by atoms with Crippen molar-refractivity contribution in [1.82, 2.24) is 10.2 Å². The summed E-state index contributed by atoms with van der Waals surface area (Å²) in [5, 5.41) is 10.6. The number of hydrogen-bond acceptors (Lipinski definition) is 11. The second-order valence-electron chi connectivity index (χ2n) is 13.7. The predicted octanol–water partition coefficient (Wildman–Crippen LogP) is 2.24. The van der Waals surface area contributed by atoms with Crippen LogP contribution in [0.3, 0.4) is 0 Å². The van der Waals surface area contributed by atoms with E-state index >= 15 is 0 Å². The van der Waals surface area contributed by atoms with Crippen molar-refractivity contribution in [3.05, 3.63) is 0 Å². The zero-order chi connectivity index (χ0) is 49.4. The second kappa shape index (κ2) is 46.3. The Bertz CT molecular complexity index is 1350. The van der Waals surface area contributed by atoms with Gasteiger partial charge in [-0.3, -0.25) is 23.5 Å². The van der Waals surface area contributed by atoms with Gasteiger partial charge in [-0.05, 0) is 57.2 Å². The van der Waals surface area contributed by atoms with Crippen molar-refractivity contribution in [2.45, 2.75) is 134 Å². The van der Waals surface area contributed by atoms with Crippen molar-refractivity contribution < 1.29 is 161 Å². The van der Waals surface area contributed by atoms with E-state index in [0.717, 1.165) is 44.9 Å². The maximum absolute atomic E-state index is 11.8. The number of nitrogens with zero attached hydrogens (tertiary/aromatic N) is 1. The van der Waals surface area contributed by atoms with Gasteiger partial charge in [-0.15, -0.1) is 0 Å². The number of ether oxygens (including phenoxy) is 3. The minimum absolute atomic E-state index is 0. The van der Waals surface area contributed by atoms with Crippen molar-refractivity contribution in [2.24, 2.45) is 0 Å². The molecule has 0 bridgehead atoms. The molecule has 384 valence electrons. The summed E-state index contributed by atoms with van der Waals surface area (Å²) in [7, 11) is -4.75. The van der Waals surface area contributed by atoms with E-state index in [-0.39, 0.29) is 125 Å². The van der Waals surface area contributed by atoms with Gasteiger partial charge in [0, 0.05) is 59.2 Å². The van der Waals surface area contributed by atoms with Gasteiger partial charge >= 0.3 is 83.6 Å². The number of halogens is 10. The molecule has 29 heteroatoms. The normalized spacial score (nSPS) is 11.6. The zero-order valence-corrected chi connectivity index (χ0v) is 44.2. The zero-order valence-electron chi connectivity index (χ0n) is 39.8. The van der Waals surface area contributed by atoms with Crippen LogP contribution in [0.25, 0.3) is 0 Å². The molecule has 65 heavy (non-hydrogen) atoms. The Morgan fingerprint density at radius 2 is 0.892 bits per heavy atom.